The fourth-order valence-electron chi connectivity index (χ4n) is 1.30. The molecular weight excluding hydrogens is 179 g/mol. The second-order valence-electron chi connectivity index (χ2n) is 3.74. The van der Waals surface area contributed by atoms with Crippen LogP contribution in [0.25, 0.3) is 6.08 Å². The van der Waals surface area contributed by atoms with E-state index >= 15 is 0 Å². The summed E-state index contributed by atoms with van der Waals surface area (Å²) in [6.07, 6.45) is 6.66. The summed E-state index contributed by atoms with van der Waals surface area (Å²) in [6.45, 7) is 0. The van der Waals surface area contributed by atoms with Crippen LogP contribution in [-0.4, -0.2) is 6.29 Å². The van der Waals surface area contributed by atoms with Crippen molar-refractivity contribution in [2.24, 2.45) is 5.41 Å². The summed E-state index contributed by atoms with van der Waals surface area (Å²) < 4.78 is 12.6. The van der Waals surface area contributed by atoms with E-state index in [9.17, 15) is 9.18 Å². The summed E-state index contributed by atoms with van der Waals surface area (Å²) in [5, 5.41) is 0. The summed E-state index contributed by atoms with van der Waals surface area (Å²) in [5.41, 5.74) is 0.716. The molecule has 0 unspecified atom stereocenters. The first kappa shape index (κ1) is 9.13. The highest BCUT2D eigenvalue weighted by Crippen LogP contribution is 2.45. The van der Waals surface area contributed by atoms with E-state index in [2.05, 4.69) is 0 Å². The van der Waals surface area contributed by atoms with Crippen LogP contribution in [0.4, 0.5) is 4.39 Å². The van der Waals surface area contributed by atoms with E-state index in [1.54, 1.807) is 12.1 Å². The average molecular weight is 190 g/mol. The van der Waals surface area contributed by atoms with E-state index in [4.69, 9.17) is 0 Å². The summed E-state index contributed by atoms with van der Waals surface area (Å²) in [5.74, 6) is -0.237. The molecule has 72 valence electrons. The van der Waals surface area contributed by atoms with Crippen LogP contribution >= 0.6 is 0 Å². The van der Waals surface area contributed by atoms with Crippen molar-refractivity contribution in [1.82, 2.24) is 0 Å². The van der Waals surface area contributed by atoms with Gasteiger partial charge in [-0.1, -0.05) is 24.3 Å². The Morgan fingerprint density at radius 2 is 1.86 bits per heavy atom. The number of benzene rings is 1. The minimum Gasteiger partial charge on any atom is -0.302 e. The maximum atomic E-state index is 12.6. The van der Waals surface area contributed by atoms with Crippen LogP contribution in [0.3, 0.4) is 0 Å². The fraction of sp³-hybridized carbons (Fsp3) is 0.250. The van der Waals surface area contributed by atoms with E-state index in [0.29, 0.717) is 0 Å². The van der Waals surface area contributed by atoms with Gasteiger partial charge in [-0.2, -0.15) is 0 Å². The molecule has 1 fully saturated rings. The molecule has 1 aromatic rings. The largest absolute Gasteiger partial charge is 0.302 e. The summed E-state index contributed by atoms with van der Waals surface area (Å²) >= 11 is 0. The molecule has 0 radical (unpaired) electrons. The Hall–Kier alpha value is -1.44. The number of carbonyl (C=O) groups is 1. The number of allylic oxidation sites excluding steroid dienone is 1. The van der Waals surface area contributed by atoms with Gasteiger partial charge in [0.15, 0.2) is 0 Å². The van der Waals surface area contributed by atoms with Gasteiger partial charge in [-0.05, 0) is 30.5 Å². The van der Waals surface area contributed by atoms with Gasteiger partial charge in [0.25, 0.3) is 0 Å². The maximum absolute atomic E-state index is 12.6. The van der Waals surface area contributed by atoms with Crippen LogP contribution in [0.1, 0.15) is 18.4 Å². The normalized spacial score (nSPS) is 18.4. The smallest absolute Gasteiger partial charge is 0.129 e. The molecule has 0 saturated heterocycles. The third kappa shape index (κ3) is 1.90. The molecule has 2 rings (SSSR count). The Morgan fingerprint density at radius 1 is 1.21 bits per heavy atom. The lowest BCUT2D eigenvalue weighted by Gasteiger charge is -1.97. The quantitative estimate of drug-likeness (QED) is 0.670. The number of halogens is 1. The van der Waals surface area contributed by atoms with Gasteiger partial charge in [-0.25, -0.2) is 4.39 Å². The van der Waals surface area contributed by atoms with Crippen molar-refractivity contribution in [3.63, 3.8) is 0 Å². The monoisotopic (exact) mass is 190 g/mol. The van der Waals surface area contributed by atoms with Gasteiger partial charge < -0.3 is 4.79 Å². The van der Waals surface area contributed by atoms with Gasteiger partial charge in [-0.15, -0.1) is 0 Å². The Balaban J connectivity index is 2.10. The first-order valence-electron chi connectivity index (χ1n) is 4.65. The Kier molecular flexibility index (Phi) is 2.20. The van der Waals surface area contributed by atoms with Crippen LogP contribution in [0.5, 0.6) is 0 Å². The number of aldehydes is 1. The second kappa shape index (κ2) is 3.37. The molecule has 0 aromatic heterocycles. The predicted molar refractivity (Wildman–Crippen MR) is 53.2 cm³/mol. The van der Waals surface area contributed by atoms with Crippen LogP contribution in [-0.2, 0) is 4.79 Å². The molecular formula is C12H11FO. The number of hydrogen-bond acceptors (Lipinski definition) is 1. The van der Waals surface area contributed by atoms with Crippen molar-refractivity contribution in [3.8, 4) is 0 Å². The number of carbonyl (C=O) groups excluding carboxylic acids is 1. The fourth-order valence-corrected chi connectivity index (χ4v) is 1.30. The van der Waals surface area contributed by atoms with Gasteiger partial charge in [0, 0.05) is 5.41 Å². The lowest BCUT2D eigenvalue weighted by molar-refractivity contribution is -0.110. The van der Waals surface area contributed by atoms with E-state index in [1.165, 1.54) is 12.1 Å². The summed E-state index contributed by atoms with van der Waals surface area (Å²) in [4.78, 5) is 10.7. The Labute approximate surface area is 82.3 Å². The molecule has 14 heavy (non-hydrogen) atoms. The molecule has 1 nitrogen and oxygen atoms in total. The van der Waals surface area contributed by atoms with Crippen molar-refractivity contribution in [1.29, 1.82) is 0 Å². The lowest BCUT2D eigenvalue weighted by atomic mass is 10.1. The minimum absolute atomic E-state index is 0.214. The van der Waals surface area contributed by atoms with Crippen LogP contribution in [0, 0.1) is 11.2 Å². The second-order valence-corrected chi connectivity index (χ2v) is 3.74. The molecule has 0 bridgehead atoms. The molecule has 0 N–H and O–H groups in total. The molecule has 0 heterocycles. The SMILES string of the molecule is O=CC1(/C=C/c2ccc(F)cc2)CC1. The van der Waals surface area contributed by atoms with Crippen molar-refractivity contribution in [2.75, 3.05) is 0 Å². The lowest BCUT2D eigenvalue weighted by Crippen LogP contribution is -1.94. The molecule has 0 spiro atoms. The summed E-state index contributed by atoms with van der Waals surface area (Å²) in [6, 6.07) is 6.24. The highest BCUT2D eigenvalue weighted by atomic mass is 19.1. The number of hydrogen-bond donors (Lipinski definition) is 0. The summed E-state index contributed by atoms with van der Waals surface area (Å²) in [7, 11) is 0. The molecule has 1 aliphatic carbocycles. The van der Waals surface area contributed by atoms with Crippen LogP contribution in [0.2, 0.25) is 0 Å². The van der Waals surface area contributed by atoms with Crippen molar-refractivity contribution >= 4 is 12.4 Å². The van der Waals surface area contributed by atoms with Crippen LogP contribution < -0.4 is 0 Å². The third-order valence-electron chi connectivity index (χ3n) is 2.54. The molecule has 1 aliphatic rings. The minimum atomic E-state index is -0.237. The first-order valence-corrected chi connectivity index (χ1v) is 4.65. The van der Waals surface area contributed by atoms with Crippen LogP contribution in [0.15, 0.2) is 30.3 Å². The molecule has 2 heteroatoms. The van der Waals surface area contributed by atoms with Crippen molar-refractivity contribution in [3.05, 3.63) is 41.7 Å². The topological polar surface area (TPSA) is 17.1 Å². The van der Waals surface area contributed by atoms with E-state index in [-0.39, 0.29) is 11.2 Å². The predicted octanol–water partition coefficient (Wildman–Crippen LogP) is 2.82. The standard InChI is InChI=1S/C12H11FO/c13-11-3-1-10(2-4-11)5-6-12(9-14)7-8-12/h1-6,9H,7-8H2/b6-5+. The molecule has 0 aliphatic heterocycles. The van der Waals surface area contributed by atoms with Gasteiger partial charge in [0.2, 0.25) is 0 Å². The highest BCUT2D eigenvalue weighted by molar-refractivity contribution is 5.70. The third-order valence-corrected chi connectivity index (χ3v) is 2.54. The zero-order chi connectivity index (χ0) is 10.0. The molecule has 1 saturated carbocycles. The Bertz CT molecular complexity index is 360. The van der Waals surface area contributed by atoms with Crippen molar-refractivity contribution in [2.45, 2.75) is 12.8 Å². The van der Waals surface area contributed by atoms with E-state index in [1.807, 2.05) is 12.2 Å². The average Bonchev–Trinajstić information content (AvgIpc) is 2.98. The Morgan fingerprint density at radius 3 is 2.36 bits per heavy atom. The van der Waals surface area contributed by atoms with Gasteiger partial charge >= 0.3 is 0 Å². The molecule has 0 atom stereocenters. The zero-order valence-electron chi connectivity index (χ0n) is 7.74. The molecule has 0 amide bonds. The molecule has 1 aromatic carbocycles. The maximum Gasteiger partial charge on any atom is 0.129 e. The van der Waals surface area contributed by atoms with Gasteiger partial charge in [0.1, 0.15) is 12.1 Å². The highest BCUT2D eigenvalue weighted by Gasteiger charge is 2.39. The number of rotatable bonds is 3. The first-order chi connectivity index (χ1) is 6.74. The zero-order valence-corrected chi connectivity index (χ0v) is 7.74. The van der Waals surface area contributed by atoms with E-state index < -0.39 is 0 Å². The van der Waals surface area contributed by atoms with Gasteiger partial charge in [-0.3, -0.25) is 0 Å². The van der Waals surface area contributed by atoms with Crippen molar-refractivity contribution < 1.29 is 9.18 Å². The van der Waals surface area contributed by atoms with E-state index in [0.717, 1.165) is 24.7 Å². The van der Waals surface area contributed by atoms with Gasteiger partial charge in [0.05, 0.1) is 0 Å².